The molecule has 0 heterocycles. The highest BCUT2D eigenvalue weighted by Gasteiger charge is 2.07. The van der Waals surface area contributed by atoms with Crippen molar-refractivity contribution in [1.82, 2.24) is 0 Å². The summed E-state index contributed by atoms with van der Waals surface area (Å²) in [5, 5.41) is 17.2. The molecule has 4 nitrogen and oxygen atoms in total. The third-order valence-electron chi connectivity index (χ3n) is 2.17. The average molecular weight is 231 g/mol. The first-order valence-electron chi connectivity index (χ1n) is 5.09. The van der Waals surface area contributed by atoms with Crippen LogP contribution in [0.4, 0.5) is 0 Å². The number of aliphatic carboxylic acids is 1. The number of rotatable bonds is 5. The second kappa shape index (κ2) is 6.33. The molecule has 0 unspecified atom stereocenters. The van der Waals surface area contributed by atoms with Crippen LogP contribution < -0.4 is 4.74 Å². The summed E-state index contributed by atoms with van der Waals surface area (Å²) < 4.78 is 5.09. The van der Waals surface area contributed by atoms with Gasteiger partial charge in [-0.2, -0.15) is 5.26 Å². The molecule has 4 heteroatoms. The Hall–Kier alpha value is -2.28. The monoisotopic (exact) mass is 231 g/mol. The van der Waals surface area contributed by atoms with Gasteiger partial charge in [-0.25, -0.2) is 0 Å². The van der Waals surface area contributed by atoms with Crippen LogP contribution in [0.15, 0.2) is 24.3 Å². The van der Waals surface area contributed by atoms with E-state index in [1.807, 2.05) is 12.1 Å². The first kappa shape index (κ1) is 12.8. The van der Waals surface area contributed by atoms with Gasteiger partial charge in [0.15, 0.2) is 0 Å². The van der Waals surface area contributed by atoms with Gasteiger partial charge in [0.05, 0.1) is 26.0 Å². The second-order valence-corrected chi connectivity index (χ2v) is 3.41. The van der Waals surface area contributed by atoms with Crippen molar-refractivity contribution in [2.75, 3.05) is 7.11 Å². The Morgan fingerprint density at radius 2 is 2.35 bits per heavy atom. The van der Waals surface area contributed by atoms with Crippen molar-refractivity contribution < 1.29 is 14.6 Å². The van der Waals surface area contributed by atoms with E-state index in [9.17, 15) is 4.79 Å². The molecule has 1 N–H and O–H groups in total. The van der Waals surface area contributed by atoms with Crippen molar-refractivity contribution >= 4 is 12.0 Å². The van der Waals surface area contributed by atoms with E-state index in [0.29, 0.717) is 17.7 Å². The topological polar surface area (TPSA) is 70.3 Å². The van der Waals surface area contributed by atoms with Crippen LogP contribution >= 0.6 is 0 Å². The normalized spacial score (nSPS) is 10.1. The van der Waals surface area contributed by atoms with Gasteiger partial charge >= 0.3 is 5.97 Å². The minimum atomic E-state index is -0.901. The lowest BCUT2D eigenvalue weighted by Crippen LogP contribution is -2.02. The molecule has 0 spiro atoms. The summed E-state index contributed by atoms with van der Waals surface area (Å²) in [5.74, 6) is -0.341. The summed E-state index contributed by atoms with van der Waals surface area (Å²) in [5.41, 5.74) is 1.48. The van der Waals surface area contributed by atoms with Crippen LogP contribution in [0, 0.1) is 11.3 Å². The van der Waals surface area contributed by atoms with Crippen LogP contribution in [0.2, 0.25) is 0 Å². The van der Waals surface area contributed by atoms with E-state index in [4.69, 9.17) is 15.1 Å². The maximum absolute atomic E-state index is 10.7. The summed E-state index contributed by atoms with van der Waals surface area (Å²) in [4.78, 5) is 10.7. The molecule has 0 saturated carbocycles. The van der Waals surface area contributed by atoms with E-state index < -0.39 is 5.97 Å². The molecule has 0 fully saturated rings. The van der Waals surface area contributed by atoms with Crippen LogP contribution in [0.25, 0.3) is 6.08 Å². The molecular formula is C13H13NO3. The molecule has 1 aromatic carbocycles. The van der Waals surface area contributed by atoms with E-state index in [1.54, 1.807) is 24.3 Å². The van der Waals surface area contributed by atoms with Gasteiger partial charge in [-0.3, -0.25) is 4.79 Å². The molecule has 0 amide bonds. The molecule has 0 bridgehead atoms. The third kappa shape index (κ3) is 3.99. The lowest BCUT2D eigenvalue weighted by Gasteiger charge is -2.07. The lowest BCUT2D eigenvalue weighted by molar-refractivity contribution is -0.136. The molecule has 88 valence electrons. The number of carboxylic acid groups (broad SMARTS) is 1. The van der Waals surface area contributed by atoms with Crippen molar-refractivity contribution in [2.24, 2.45) is 0 Å². The van der Waals surface area contributed by atoms with Crippen LogP contribution in [-0.2, 0) is 11.2 Å². The van der Waals surface area contributed by atoms with Crippen LogP contribution in [0.1, 0.15) is 17.5 Å². The Morgan fingerprint density at radius 1 is 1.59 bits per heavy atom. The van der Waals surface area contributed by atoms with Crippen LogP contribution in [-0.4, -0.2) is 18.2 Å². The van der Waals surface area contributed by atoms with Crippen molar-refractivity contribution in [3.63, 3.8) is 0 Å². The number of ether oxygens (including phenoxy) is 1. The quantitative estimate of drug-likeness (QED) is 0.843. The maximum atomic E-state index is 10.7. The summed E-state index contributed by atoms with van der Waals surface area (Å²) in [6.45, 7) is 0. The number of allylic oxidation sites excluding steroid dienone is 1. The zero-order chi connectivity index (χ0) is 12.7. The minimum absolute atomic E-state index is 0.0803. The minimum Gasteiger partial charge on any atom is -0.496 e. The smallest absolute Gasteiger partial charge is 0.307 e. The summed E-state index contributed by atoms with van der Waals surface area (Å²) in [6.07, 6.45) is 3.77. The highest BCUT2D eigenvalue weighted by atomic mass is 16.5. The molecule has 1 aromatic rings. The third-order valence-corrected chi connectivity index (χ3v) is 2.17. The molecule has 0 aromatic heterocycles. The molecule has 0 aliphatic carbocycles. The van der Waals surface area contributed by atoms with Crippen LogP contribution in [0.5, 0.6) is 5.75 Å². The van der Waals surface area contributed by atoms with Crippen molar-refractivity contribution in [3.8, 4) is 11.8 Å². The summed E-state index contributed by atoms with van der Waals surface area (Å²) >= 11 is 0. The van der Waals surface area contributed by atoms with E-state index in [2.05, 4.69) is 0 Å². The highest BCUT2D eigenvalue weighted by molar-refractivity contribution is 5.72. The van der Waals surface area contributed by atoms with E-state index in [-0.39, 0.29) is 6.42 Å². The van der Waals surface area contributed by atoms with Gasteiger partial charge in [-0.1, -0.05) is 18.2 Å². The number of hydrogen-bond donors (Lipinski definition) is 1. The number of benzene rings is 1. The van der Waals surface area contributed by atoms with Gasteiger partial charge in [0.2, 0.25) is 0 Å². The molecular weight excluding hydrogens is 218 g/mol. The molecule has 0 aliphatic heterocycles. The fourth-order valence-electron chi connectivity index (χ4n) is 1.45. The lowest BCUT2D eigenvalue weighted by atomic mass is 10.1. The number of nitriles is 1. The Morgan fingerprint density at radius 3 is 2.94 bits per heavy atom. The molecule has 0 radical (unpaired) electrons. The number of methoxy groups -OCH3 is 1. The Bertz CT molecular complexity index is 472. The molecule has 1 rings (SSSR count). The number of nitrogens with zero attached hydrogens (tertiary/aromatic N) is 1. The first-order chi connectivity index (χ1) is 8.17. The van der Waals surface area contributed by atoms with Gasteiger partial charge in [0.25, 0.3) is 0 Å². The zero-order valence-electron chi connectivity index (χ0n) is 9.51. The Kier molecular flexibility index (Phi) is 4.77. The summed E-state index contributed by atoms with van der Waals surface area (Å²) in [6, 6.07) is 7.30. The number of hydrogen-bond acceptors (Lipinski definition) is 3. The predicted octanol–water partition coefficient (Wildman–Crippen LogP) is 2.25. The number of carboxylic acids is 1. The largest absolute Gasteiger partial charge is 0.496 e. The fourth-order valence-corrected chi connectivity index (χ4v) is 1.45. The molecule has 0 atom stereocenters. The second-order valence-electron chi connectivity index (χ2n) is 3.41. The van der Waals surface area contributed by atoms with E-state index in [1.165, 1.54) is 7.11 Å². The molecule has 0 aliphatic rings. The van der Waals surface area contributed by atoms with Crippen molar-refractivity contribution in [1.29, 1.82) is 5.26 Å². The van der Waals surface area contributed by atoms with Gasteiger partial charge in [0, 0.05) is 5.56 Å². The Balaban J connectivity index is 2.96. The first-order valence-corrected chi connectivity index (χ1v) is 5.09. The summed E-state index contributed by atoms with van der Waals surface area (Å²) in [7, 11) is 1.51. The molecule has 17 heavy (non-hydrogen) atoms. The van der Waals surface area contributed by atoms with Gasteiger partial charge in [-0.05, 0) is 17.7 Å². The highest BCUT2D eigenvalue weighted by Crippen LogP contribution is 2.21. The predicted molar refractivity (Wildman–Crippen MR) is 63.6 cm³/mol. The van der Waals surface area contributed by atoms with Gasteiger partial charge in [0.1, 0.15) is 5.75 Å². The van der Waals surface area contributed by atoms with Crippen molar-refractivity contribution in [2.45, 2.75) is 12.8 Å². The van der Waals surface area contributed by atoms with Crippen molar-refractivity contribution in [3.05, 3.63) is 35.4 Å². The maximum Gasteiger partial charge on any atom is 0.307 e. The van der Waals surface area contributed by atoms with E-state index in [0.717, 1.165) is 5.56 Å². The number of carbonyl (C=O) groups is 1. The standard InChI is InChI=1S/C13H13NO3/c1-17-12-6-5-10(4-2-3-7-14)8-11(12)9-13(15)16/h2,4-6,8H,3,9H2,1H3,(H,15,16). The van der Waals surface area contributed by atoms with E-state index >= 15 is 0 Å². The average Bonchev–Trinajstić information content (AvgIpc) is 2.29. The fraction of sp³-hybridized carbons (Fsp3) is 0.231. The Labute approximate surface area is 99.8 Å². The molecule has 0 saturated heterocycles. The SMILES string of the molecule is COc1ccc(C=CCC#N)cc1CC(=O)O. The zero-order valence-corrected chi connectivity index (χ0v) is 9.51. The van der Waals surface area contributed by atoms with Crippen LogP contribution in [0.3, 0.4) is 0 Å². The van der Waals surface area contributed by atoms with Gasteiger partial charge in [-0.15, -0.1) is 0 Å². The van der Waals surface area contributed by atoms with Gasteiger partial charge < -0.3 is 9.84 Å².